The van der Waals surface area contributed by atoms with Crippen LogP contribution in [0.3, 0.4) is 0 Å². The minimum absolute atomic E-state index is 0.130. The fourth-order valence-corrected chi connectivity index (χ4v) is 5.53. The van der Waals surface area contributed by atoms with Gasteiger partial charge in [0.15, 0.2) is 0 Å². The molecule has 0 unspecified atom stereocenters. The topological polar surface area (TPSA) is 86.8 Å². The lowest BCUT2D eigenvalue weighted by Gasteiger charge is -2.34. The van der Waals surface area contributed by atoms with Crippen LogP contribution in [0.15, 0.2) is 72.8 Å². The maximum absolute atomic E-state index is 14.1. The smallest absolute Gasteiger partial charge is 0.244 e. The lowest BCUT2D eigenvalue weighted by atomic mass is 10.0. The van der Waals surface area contributed by atoms with E-state index < -0.39 is 28.5 Å². The van der Waals surface area contributed by atoms with Gasteiger partial charge >= 0.3 is 0 Å². The number of anilines is 1. The Morgan fingerprint density at radius 2 is 1.49 bits per heavy atom. The van der Waals surface area contributed by atoms with Crippen LogP contribution in [0, 0.1) is 20.8 Å². The van der Waals surface area contributed by atoms with Crippen molar-refractivity contribution in [2.75, 3.05) is 17.1 Å². The molecule has 3 rings (SSSR count). The zero-order valence-corrected chi connectivity index (χ0v) is 24.5. The van der Waals surface area contributed by atoms with Gasteiger partial charge in [0.2, 0.25) is 21.8 Å². The quantitative estimate of drug-likeness (QED) is 0.380. The van der Waals surface area contributed by atoms with E-state index in [1.165, 1.54) is 4.90 Å². The third-order valence-electron chi connectivity index (χ3n) is 6.44. The van der Waals surface area contributed by atoms with Crippen molar-refractivity contribution in [3.8, 4) is 0 Å². The molecule has 39 heavy (non-hydrogen) atoms. The van der Waals surface area contributed by atoms with Gasteiger partial charge in [-0.05, 0) is 57.4 Å². The van der Waals surface area contributed by atoms with E-state index in [9.17, 15) is 18.0 Å². The number of amides is 2. The van der Waals surface area contributed by atoms with Crippen LogP contribution >= 0.6 is 0 Å². The number of hydrogen-bond donors (Lipinski definition) is 1. The van der Waals surface area contributed by atoms with Gasteiger partial charge in [-0.1, -0.05) is 77.9 Å². The molecule has 8 heteroatoms. The number of carbonyl (C=O) groups excluding carboxylic acids is 2. The van der Waals surface area contributed by atoms with E-state index in [4.69, 9.17) is 0 Å². The van der Waals surface area contributed by atoms with E-state index in [1.807, 2.05) is 101 Å². The SMILES string of the molecule is Cc1cccc(CN(C(=O)CN(c2ccc(C)cc2C)S(C)(=O)=O)[C@H](Cc2ccccc2)C(=O)NC(C)C)c1. The number of rotatable bonds is 11. The van der Waals surface area contributed by atoms with Crippen LogP contribution < -0.4 is 9.62 Å². The molecule has 0 saturated carbocycles. The number of benzene rings is 3. The molecule has 0 heterocycles. The van der Waals surface area contributed by atoms with E-state index in [0.29, 0.717) is 12.1 Å². The molecule has 208 valence electrons. The number of aryl methyl sites for hydroxylation is 3. The normalized spacial score (nSPS) is 12.2. The van der Waals surface area contributed by atoms with E-state index in [0.717, 1.165) is 38.4 Å². The zero-order valence-electron chi connectivity index (χ0n) is 23.6. The van der Waals surface area contributed by atoms with Crippen molar-refractivity contribution in [3.63, 3.8) is 0 Å². The fourth-order valence-electron chi connectivity index (χ4n) is 4.62. The highest BCUT2D eigenvalue weighted by atomic mass is 32.2. The Bertz CT molecular complexity index is 1400. The van der Waals surface area contributed by atoms with Gasteiger partial charge in [-0.25, -0.2) is 8.42 Å². The summed E-state index contributed by atoms with van der Waals surface area (Å²) in [7, 11) is -3.80. The Labute approximate surface area is 232 Å². The fraction of sp³-hybridized carbons (Fsp3) is 0.355. The summed E-state index contributed by atoms with van der Waals surface area (Å²) in [5.41, 5.74) is 4.97. The van der Waals surface area contributed by atoms with Gasteiger partial charge in [-0.3, -0.25) is 13.9 Å². The second-order valence-corrected chi connectivity index (χ2v) is 12.3. The van der Waals surface area contributed by atoms with Gasteiger partial charge in [0.25, 0.3) is 0 Å². The Hall–Kier alpha value is -3.65. The Morgan fingerprint density at radius 1 is 0.846 bits per heavy atom. The number of hydrogen-bond acceptors (Lipinski definition) is 4. The molecule has 0 aliphatic heterocycles. The Morgan fingerprint density at radius 3 is 2.08 bits per heavy atom. The lowest BCUT2D eigenvalue weighted by Crippen LogP contribution is -2.54. The Kier molecular flexibility index (Phi) is 9.92. The summed E-state index contributed by atoms with van der Waals surface area (Å²) in [6, 6.07) is 21.7. The molecule has 0 spiro atoms. The highest BCUT2D eigenvalue weighted by Gasteiger charge is 2.33. The average Bonchev–Trinajstić information content (AvgIpc) is 2.84. The summed E-state index contributed by atoms with van der Waals surface area (Å²) in [5.74, 6) is -0.742. The predicted octanol–water partition coefficient (Wildman–Crippen LogP) is 4.54. The van der Waals surface area contributed by atoms with E-state index in [-0.39, 0.29) is 18.5 Å². The molecular weight excluding hydrogens is 510 g/mol. The van der Waals surface area contributed by atoms with Crippen molar-refractivity contribution >= 4 is 27.5 Å². The molecule has 3 aromatic rings. The molecule has 0 aliphatic rings. The minimum atomic E-state index is -3.80. The molecule has 0 radical (unpaired) electrons. The van der Waals surface area contributed by atoms with Crippen LogP contribution in [-0.2, 0) is 32.6 Å². The van der Waals surface area contributed by atoms with Gasteiger partial charge in [0, 0.05) is 19.0 Å². The molecule has 0 fully saturated rings. The van der Waals surface area contributed by atoms with Crippen molar-refractivity contribution in [1.29, 1.82) is 0 Å². The first-order valence-electron chi connectivity index (χ1n) is 13.1. The molecule has 1 N–H and O–H groups in total. The molecule has 0 saturated heterocycles. The molecule has 0 aliphatic carbocycles. The second kappa shape index (κ2) is 12.9. The molecule has 1 atom stereocenters. The summed E-state index contributed by atoms with van der Waals surface area (Å²) in [6.07, 6.45) is 1.39. The molecular formula is C31H39N3O4S. The lowest BCUT2D eigenvalue weighted by molar-refractivity contribution is -0.140. The highest BCUT2D eigenvalue weighted by molar-refractivity contribution is 7.92. The third kappa shape index (κ3) is 8.42. The summed E-state index contributed by atoms with van der Waals surface area (Å²) < 4.78 is 27.0. The van der Waals surface area contributed by atoms with Crippen molar-refractivity contribution in [1.82, 2.24) is 10.2 Å². The number of carbonyl (C=O) groups is 2. The maximum Gasteiger partial charge on any atom is 0.244 e. The zero-order chi connectivity index (χ0) is 28.7. The van der Waals surface area contributed by atoms with Gasteiger partial charge in [-0.15, -0.1) is 0 Å². The maximum atomic E-state index is 14.1. The van der Waals surface area contributed by atoms with Crippen LogP contribution in [0.25, 0.3) is 0 Å². The summed E-state index contributed by atoms with van der Waals surface area (Å²) >= 11 is 0. The predicted molar refractivity (Wildman–Crippen MR) is 157 cm³/mol. The Balaban J connectivity index is 2.07. The van der Waals surface area contributed by atoms with Crippen LogP contribution in [0.5, 0.6) is 0 Å². The molecule has 2 amide bonds. The minimum Gasteiger partial charge on any atom is -0.352 e. The monoisotopic (exact) mass is 549 g/mol. The second-order valence-electron chi connectivity index (χ2n) is 10.4. The van der Waals surface area contributed by atoms with E-state index >= 15 is 0 Å². The van der Waals surface area contributed by atoms with Crippen LogP contribution in [0.1, 0.15) is 41.7 Å². The highest BCUT2D eigenvalue weighted by Crippen LogP contribution is 2.25. The molecule has 3 aromatic carbocycles. The van der Waals surface area contributed by atoms with Crippen molar-refractivity contribution in [3.05, 3.63) is 101 Å². The van der Waals surface area contributed by atoms with Crippen LogP contribution in [-0.4, -0.2) is 50.0 Å². The van der Waals surface area contributed by atoms with Gasteiger partial charge in [-0.2, -0.15) is 0 Å². The van der Waals surface area contributed by atoms with Gasteiger partial charge in [0.1, 0.15) is 12.6 Å². The summed E-state index contributed by atoms with van der Waals surface area (Å²) in [5, 5.41) is 2.96. The number of sulfonamides is 1. The first kappa shape index (κ1) is 29.9. The van der Waals surface area contributed by atoms with Crippen molar-refractivity contribution < 1.29 is 18.0 Å². The molecule has 0 aromatic heterocycles. The third-order valence-corrected chi connectivity index (χ3v) is 7.56. The number of nitrogens with one attached hydrogen (secondary N) is 1. The van der Waals surface area contributed by atoms with Gasteiger partial charge in [0.05, 0.1) is 11.9 Å². The number of nitrogens with zero attached hydrogens (tertiary/aromatic N) is 2. The first-order valence-corrected chi connectivity index (χ1v) is 14.9. The first-order chi connectivity index (χ1) is 18.3. The van der Waals surface area contributed by atoms with Crippen molar-refractivity contribution in [2.24, 2.45) is 0 Å². The molecule has 7 nitrogen and oxygen atoms in total. The average molecular weight is 550 g/mol. The van der Waals surface area contributed by atoms with Crippen molar-refractivity contribution in [2.45, 2.75) is 59.7 Å². The van der Waals surface area contributed by atoms with Gasteiger partial charge < -0.3 is 10.2 Å². The largest absolute Gasteiger partial charge is 0.352 e. The standard InChI is InChI=1S/C31H39N3O4S/c1-22(2)32-31(36)29(19-26-12-8-7-9-13-26)33(20-27-14-10-11-23(3)18-27)30(35)21-34(39(6,37)38)28-16-15-24(4)17-25(28)5/h7-18,22,29H,19-21H2,1-6H3,(H,32,36)/t29-/m1/s1. The summed E-state index contributed by atoms with van der Waals surface area (Å²) in [4.78, 5) is 29.2. The van der Waals surface area contributed by atoms with E-state index in [1.54, 1.807) is 6.07 Å². The molecule has 0 bridgehead atoms. The van der Waals surface area contributed by atoms with Crippen LogP contribution in [0.2, 0.25) is 0 Å². The van der Waals surface area contributed by atoms with Crippen LogP contribution in [0.4, 0.5) is 5.69 Å². The van der Waals surface area contributed by atoms with E-state index in [2.05, 4.69) is 5.32 Å². The summed E-state index contributed by atoms with van der Waals surface area (Å²) in [6.45, 7) is 9.20.